The van der Waals surface area contributed by atoms with Gasteiger partial charge in [0, 0.05) is 16.6 Å². The standard InChI is InChI=1S/C17H14ClN3/c1-12(13-7-9-15(18)10-8-13)20-21-16-6-2-4-14-5-3-11-19-17(14)16/h2-11,21H,1H3/b20-12-. The average molecular weight is 296 g/mol. The van der Waals surface area contributed by atoms with Crippen LogP contribution < -0.4 is 5.43 Å². The molecule has 0 aliphatic heterocycles. The molecule has 3 rings (SSSR count). The Morgan fingerprint density at radius 1 is 1.05 bits per heavy atom. The van der Waals surface area contributed by atoms with Crippen LogP contribution in [0.3, 0.4) is 0 Å². The van der Waals surface area contributed by atoms with Gasteiger partial charge in [0.15, 0.2) is 0 Å². The van der Waals surface area contributed by atoms with E-state index in [0.29, 0.717) is 0 Å². The number of rotatable bonds is 3. The molecule has 1 N–H and O–H groups in total. The molecule has 21 heavy (non-hydrogen) atoms. The van der Waals surface area contributed by atoms with Crippen molar-refractivity contribution in [2.45, 2.75) is 6.92 Å². The first-order valence-corrected chi connectivity index (χ1v) is 7.02. The number of nitrogens with one attached hydrogen (secondary N) is 1. The topological polar surface area (TPSA) is 37.3 Å². The summed E-state index contributed by atoms with van der Waals surface area (Å²) in [5, 5.41) is 6.23. The van der Waals surface area contributed by atoms with Gasteiger partial charge in [0.2, 0.25) is 0 Å². The molecule has 0 unspecified atom stereocenters. The highest BCUT2D eigenvalue weighted by Crippen LogP contribution is 2.20. The second kappa shape index (κ2) is 5.94. The zero-order chi connectivity index (χ0) is 14.7. The summed E-state index contributed by atoms with van der Waals surface area (Å²) in [6.45, 7) is 1.95. The largest absolute Gasteiger partial charge is 0.276 e. The molecule has 0 fully saturated rings. The fourth-order valence-electron chi connectivity index (χ4n) is 2.09. The quantitative estimate of drug-likeness (QED) is 0.560. The number of para-hydroxylation sites is 1. The minimum atomic E-state index is 0.720. The van der Waals surface area contributed by atoms with Crippen LogP contribution in [0.2, 0.25) is 5.02 Å². The molecule has 0 aliphatic rings. The van der Waals surface area contributed by atoms with E-state index in [1.807, 2.05) is 61.5 Å². The first-order valence-electron chi connectivity index (χ1n) is 6.64. The number of benzene rings is 2. The van der Waals surface area contributed by atoms with Gasteiger partial charge in [-0.05, 0) is 36.8 Å². The van der Waals surface area contributed by atoms with Crippen molar-refractivity contribution >= 4 is 33.9 Å². The van der Waals surface area contributed by atoms with E-state index >= 15 is 0 Å². The van der Waals surface area contributed by atoms with E-state index in [1.54, 1.807) is 6.20 Å². The van der Waals surface area contributed by atoms with Gasteiger partial charge in [0.05, 0.1) is 16.9 Å². The molecule has 1 aromatic heterocycles. The minimum Gasteiger partial charge on any atom is -0.276 e. The van der Waals surface area contributed by atoms with Gasteiger partial charge in [-0.3, -0.25) is 10.4 Å². The molecule has 2 aromatic carbocycles. The maximum absolute atomic E-state index is 5.89. The van der Waals surface area contributed by atoms with E-state index in [9.17, 15) is 0 Å². The lowest BCUT2D eigenvalue weighted by Crippen LogP contribution is -2.00. The van der Waals surface area contributed by atoms with Crippen molar-refractivity contribution in [1.29, 1.82) is 0 Å². The van der Waals surface area contributed by atoms with Gasteiger partial charge >= 0.3 is 0 Å². The number of aromatic nitrogens is 1. The third-order valence-corrected chi connectivity index (χ3v) is 3.49. The van der Waals surface area contributed by atoms with Crippen molar-refractivity contribution in [3.8, 4) is 0 Å². The predicted octanol–water partition coefficient (Wildman–Crippen LogP) is 4.72. The van der Waals surface area contributed by atoms with Crippen molar-refractivity contribution in [2.24, 2.45) is 5.10 Å². The SMILES string of the molecule is C/C(=N/Nc1cccc2cccnc12)c1ccc(Cl)cc1. The van der Waals surface area contributed by atoms with Crippen molar-refractivity contribution in [3.63, 3.8) is 0 Å². The second-order valence-corrected chi connectivity index (χ2v) is 5.13. The van der Waals surface area contributed by atoms with E-state index in [1.165, 1.54) is 0 Å². The first kappa shape index (κ1) is 13.6. The molecule has 3 nitrogen and oxygen atoms in total. The highest BCUT2D eigenvalue weighted by atomic mass is 35.5. The van der Waals surface area contributed by atoms with Gasteiger partial charge < -0.3 is 0 Å². The summed E-state index contributed by atoms with van der Waals surface area (Å²) >= 11 is 5.89. The predicted molar refractivity (Wildman–Crippen MR) is 89.0 cm³/mol. The number of fused-ring (bicyclic) bond motifs is 1. The Balaban J connectivity index is 1.88. The van der Waals surface area contributed by atoms with E-state index < -0.39 is 0 Å². The van der Waals surface area contributed by atoms with Crippen LogP contribution >= 0.6 is 11.6 Å². The second-order valence-electron chi connectivity index (χ2n) is 4.70. The number of anilines is 1. The van der Waals surface area contributed by atoms with Crippen LogP contribution in [-0.4, -0.2) is 10.7 Å². The van der Waals surface area contributed by atoms with Gasteiger partial charge in [-0.1, -0.05) is 41.9 Å². The molecule has 0 amide bonds. The lowest BCUT2D eigenvalue weighted by Gasteiger charge is -2.06. The Morgan fingerprint density at radius 2 is 1.81 bits per heavy atom. The molecule has 0 saturated heterocycles. The van der Waals surface area contributed by atoms with E-state index in [0.717, 1.165) is 32.9 Å². The van der Waals surface area contributed by atoms with Gasteiger partial charge in [0.25, 0.3) is 0 Å². The Hall–Kier alpha value is -2.39. The molecule has 0 atom stereocenters. The molecule has 0 bridgehead atoms. The third-order valence-electron chi connectivity index (χ3n) is 3.24. The Kier molecular flexibility index (Phi) is 3.84. The number of nitrogens with zero attached hydrogens (tertiary/aromatic N) is 2. The Bertz CT molecular complexity index is 789. The summed E-state index contributed by atoms with van der Waals surface area (Å²) in [6, 6.07) is 17.5. The molecular weight excluding hydrogens is 282 g/mol. The summed E-state index contributed by atoms with van der Waals surface area (Å²) in [7, 11) is 0. The van der Waals surface area contributed by atoms with Crippen LogP contribution in [0, 0.1) is 0 Å². The minimum absolute atomic E-state index is 0.720. The maximum atomic E-state index is 5.89. The summed E-state index contributed by atoms with van der Waals surface area (Å²) in [5.41, 5.74) is 6.81. The third kappa shape index (κ3) is 3.03. The Labute approximate surface area is 128 Å². The van der Waals surface area contributed by atoms with Crippen LogP contribution in [0.15, 0.2) is 65.9 Å². The zero-order valence-corrected chi connectivity index (χ0v) is 12.3. The lowest BCUT2D eigenvalue weighted by molar-refractivity contribution is 1.31. The summed E-state index contributed by atoms with van der Waals surface area (Å²) in [4.78, 5) is 4.39. The molecular formula is C17H14ClN3. The summed E-state index contributed by atoms with van der Waals surface area (Å²) < 4.78 is 0. The number of hydrazone groups is 1. The highest BCUT2D eigenvalue weighted by molar-refractivity contribution is 6.30. The van der Waals surface area contributed by atoms with Crippen LogP contribution in [0.25, 0.3) is 10.9 Å². The smallest absolute Gasteiger partial charge is 0.0951 e. The number of pyridine rings is 1. The van der Waals surface area contributed by atoms with E-state index in [2.05, 4.69) is 15.5 Å². The van der Waals surface area contributed by atoms with E-state index in [-0.39, 0.29) is 0 Å². The molecule has 0 aliphatic carbocycles. The molecule has 1 heterocycles. The fourth-order valence-corrected chi connectivity index (χ4v) is 2.22. The molecule has 3 aromatic rings. The first-order chi connectivity index (χ1) is 10.2. The molecule has 4 heteroatoms. The Morgan fingerprint density at radius 3 is 2.62 bits per heavy atom. The fraction of sp³-hybridized carbons (Fsp3) is 0.0588. The highest BCUT2D eigenvalue weighted by Gasteiger charge is 2.01. The number of halogens is 1. The van der Waals surface area contributed by atoms with Crippen molar-refractivity contribution < 1.29 is 0 Å². The molecule has 104 valence electrons. The van der Waals surface area contributed by atoms with Gasteiger partial charge in [-0.15, -0.1) is 0 Å². The molecule has 0 spiro atoms. The lowest BCUT2D eigenvalue weighted by atomic mass is 10.1. The average Bonchev–Trinajstić information content (AvgIpc) is 2.53. The number of hydrogen-bond acceptors (Lipinski definition) is 3. The van der Waals surface area contributed by atoms with Crippen molar-refractivity contribution in [1.82, 2.24) is 4.98 Å². The van der Waals surface area contributed by atoms with Crippen molar-refractivity contribution in [2.75, 3.05) is 5.43 Å². The van der Waals surface area contributed by atoms with E-state index in [4.69, 9.17) is 11.6 Å². The van der Waals surface area contributed by atoms with Crippen molar-refractivity contribution in [3.05, 3.63) is 71.4 Å². The van der Waals surface area contributed by atoms with Gasteiger partial charge in [0.1, 0.15) is 0 Å². The number of hydrogen-bond donors (Lipinski definition) is 1. The van der Waals surface area contributed by atoms with Gasteiger partial charge in [-0.25, -0.2) is 0 Å². The van der Waals surface area contributed by atoms with Crippen LogP contribution in [-0.2, 0) is 0 Å². The summed E-state index contributed by atoms with van der Waals surface area (Å²) in [6.07, 6.45) is 1.78. The molecule has 0 radical (unpaired) electrons. The normalized spacial score (nSPS) is 11.6. The van der Waals surface area contributed by atoms with Crippen LogP contribution in [0.5, 0.6) is 0 Å². The monoisotopic (exact) mass is 295 g/mol. The molecule has 0 saturated carbocycles. The van der Waals surface area contributed by atoms with Crippen LogP contribution in [0.1, 0.15) is 12.5 Å². The summed E-state index contributed by atoms with van der Waals surface area (Å²) in [5.74, 6) is 0. The maximum Gasteiger partial charge on any atom is 0.0951 e. The van der Waals surface area contributed by atoms with Gasteiger partial charge in [-0.2, -0.15) is 5.10 Å². The zero-order valence-electron chi connectivity index (χ0n) is 11.5. The van der Waals surface area contributed by atoms with Crippen LogP contribution in [0.4, 0.5) is 5.69 Å².